The number of carbonyl (C=O) groups is 2. The number of carbonyl (C=O) groups excluding carboxylic acids is 2. The van der Waals surface area contributed by atoms with E-state index in [1.165, 1.54) is 0 Å². The van der Waals surface area contributed by atoms with Crippen LogP contribution in [0.3, 0.4) is 0 Å². The molecule has 18 heavy (non-hydrogen) atoms. The number of benzene rings is 1. The van der Waals surface area contributed by atoms with Crippen LogP contribution in [0.2, 0.25) is 0 Å². The molecule has 6 nitrogen and oxygen atoms in total. The van der Waals surface area contributed by atoms with Gasteiger partial charge in [0.05, 0.1) is 0 Å². The zero-order chi connectivity index (χ0) is 13.5. The fourth-order valence-electron chi connectivity index (χ4n) is 1.45. The molecule has 0 aromatic heterocycles. The molecule has 0 bridgehead atoms. The zero-order valence-corrected chi connectivity index (χ0v) is 10.2. The Kier molecular flexibility index (Phi) is 5.13. The minimum atomic E-state index is -0.637. The summed E-state index contributed by atoms with van der Waals surface area (Å²) in [5.41, 5.74) is 14.3. The molecule has 1 aromatic rings. The normalized spacial score (nSPS) is 11.8. The van der Waals surface area contributed by atoms with Crippen molar-refractivity contribution in [3.05, 3.63) is 29.8 Å². The molecule has 0 aliphatic carbocycles. The number of primary amides is 1. The molecule has 1 unspecified atom stereocenters. The smallest absolute Gasteiger partial charge is 0.246 e. The van der Waals surface area contributed by atoms with Gasteiger partial charge in [-0.05, 0) is 23.6 Å². The minimum absolute atomic E-state index is 0.0304. The van der Waals surface area contributed by atoms with E-state index in [0.717, 1.165) is 5.56 Å². The summed E-state index contributed by atoms with van der Waals surface area (Å²) in [5, 5.41) is 0. The summed E-state index contributed by atoms with van der Waals surface area (Å²) >= 11 is 0. The molecule has 2 amide bonds. The third-order valence-electron chi connectivity index (χ3n) is 2.40. The standard InChI is InChI=1S/C12H17N3O3/c1-8(9-2-4-10(13)5-3-9)6-12(17)15-18-7-11(14)16/h2-5,8H,6-7,13H2,1H3,(H2,14,16)(H,15,17). The summed E-state index contributed by atoms with van der Waals surface area (Å²) in [6.07, 6.45) is 0.253. The molecule has 0 spiro atoms. The van der Waals surface area contributed by atoms with Gasteiger partial charge in [-0.2, -0.15) is 0 Å². The monoisotopic (exact) mass is 251 g/mol. The number of nitrogens with two attached hydrogens (primary N) is 2. The Balaban J connectivity index is 2.39. The summed E-state index contributed by atoms with van der Waals surface area (Å²) in [6, 6.07) is 7.32. The van der Waals surface area contributed by atoms with Gasteiger partial charge in [0, 0.05) is 12.1 Å². The lowest BCUT2D eigenvalue weighted by Gasteiger charge is -2.11. The number of hydrogen-bond acceptors (Lipinski definition) is 4. The third-order valence-corrected chi connectivity index (χ3v) is 2.40. The number of hydrogen-bond donors (Lipinski definition) is 3. The second-order valence-electron chi connectivity index (χ2n) is 4.05. The maximum atomic E-state index is 11.5. The van der Waals surface area contributed by atoms with Gasteiger partial charge in [-0.15, -0.1) is 0 Å². The first-order valence-electron chi connectivity index (χ1n) is 5.53. The van der Waals surface area contributed by atoms with E-state index in [1.807, 2.05) is 19.1 Å². The first kappa shape index (κ1) is 14.0. The van der Waals surface area contributed by atoms with Crippen LogP contribution in [0.5, 0.6) is 0 Å². The van der Waals surface area contributed by atoms with Gasteiger partial charge in [-0.25, -0.2) is 5.48 Å². The molecule has 5 N–H and O–H groups in total. The highest BCUT2D eigenvalue weighted by Crippen LogP contribution is 2.19. The number of nitrogens with one attached hydrogen (secondary N) is 1. The highest BCUT2D eigenvalue weighted by atomic mass is 16.7. The molecular weight excluding hydrogens is 234 g/mol. The van der Waals surface area contributed by atoms with Crippen molar-refractivity contribution in [1.82, 2.24) is 5.48 Å². The first-order chi connectivity index (χ1) is 8.49. The molecule has 0 aliphatic rings. The molecule has 6 heteroatoms. The molecule has 1 rings (SSSR count). The number of hydroxylamine groups is 1. The Morgan fingerprint density at radius 3 is 2.50 bits per heavy atom. The maximum absolute atomic E-state index is 11.5. The minimum Gasteiger partial charge on any atom is -0.399 e. The van der Waals surface area contributed by atoms with E-state index < -0.39 is 5.91 Å². The van der Waals surface area contributed by atoms with Crippen molar-refractivity contribution in [1.29, 1.82) is 0 Å². The van der Waals surface area contributed by atoms with Crippen LogP contribution in [0.4, 0.5) is 5.69 Å². The average Bonchev–Trinajstić information content (AvgIpc) is 2.29. The molecule has 0 radical (unpaired) electrons. The van der Waals surface area contributed by atoms with Crippen LogP contribution in [-0.4, -0.2) is 18.4 Å². The maximum Gasteiger partial charge on any atom is 0.246 e. The summed E-state index contributed by atoms with van der Waals surface area (Å²) in [4.78, 5) is 26.5. The van der Waals surface area contributed by atoms with Crippen LogP contribution in [0, 0.1) is 0 Å². The van der Waals surface area contributed by atoms with Gasteiger partial charge >= 0.3 is 0 Å². The molecular formula is C12H17N3O3. The van der Waals surface area contributed by atoms with Crippen molar-refractivity contribution in [2.24, 2.45) is 5.73 Å². The third kappa shape index (κ3) is 4.84. The highest BCUT2D eigenvalue weighted by Gasteiger charge is 2.11. The van der Waals surface area contributed by atoms with Crippen LogP contribution in [-0.2, 0) is 14.4 Å². The van der Waals surface area contributed by atoms with Crippen molar-refractivity contribution >= 4 is 17.5 Å². The molecule has 1 atom stereocenters. The van der Waals surface area contributed by atoms with Crippen LogP contribution >= 0.6 is 0 Å². The van der Waals surface area contributed by atoms with Crippen molar-refractivity contribution in [3.8, 4) is 0 Å². The predicted octanol–water partition coefficient (Wildman–Crippen LogP) is 0.296. The molecule has 0 saturated heterocycles. The van der Waals surface area contributed by atoms with Crippen molar-refractivity contribution in [3.63, 3.8) is 0 Å². The SMILES string of the molecule is CC(CC(=O)NOCC(N)=O)c1ccc(N)cc1. The second-order valence-corrected chi connectivity index (χ2v) is 4.05. The molecule has 0 fully saturated rings. The van der Waals surface area contributed by atoms with E-state index in [9.17, 15) is 9.59 Å². The number of anilines is 1. The van der Waals surface area contributed by atoms with Crippen molar-refractivity contribution in [2.45, 2.75) is 19.3 Å². The average molecular weight is 251 g/mol. The van der Waals surface area contributed by atoms with Crippen molar-refractivity contribution < 1.29 is 14.4 Å². The molecule has 98 valence electrons. The second kappa shape index (κ2) is 6.61. The number of nitrogen functional groups attached to an aromatic ring is 1. The summed E-state index contributed by atoms with van der Waals surface area (Å²) in [5.74, 6) is -0.912. The fraction of sp³-hybridized carbons (Fsp3) is 0.333. The van der Waals surface area contributed by atoms with Gasteiger partial charge in [-0.1, -0.05) is 19.1 Å². The molecule has 1 aromatic carbocycles. The largest absolute Gasteiger partial charge is 0.399 e. The summed E-state index contributed by atoms with van der Waals surface area (Å²) < 4.78 is 0. The van der Waals surface area contributed by atoms with Gasteiger partial charge in [0.1, 0.15) is 0 Å². The lowest BCUT2D eigenvalue weighted by atomic mass is 9.97. The molecule has 0 saturated carbocycles. The van der Waals surface area contributed by atoms with E-state index in [2.05, 4.69) is 10.3 Å². The number of rotatable bonds is 6. The topological polar surface area (TPSA) is 107 Å². The van der Waals surface area contributed by atoms with E-state index in [1.54, 1.807) is 12.1 Å². The van der Waals surface area contributed by atoms with Gasteiger partial charge in [0.15, 0.2) is 6.61 Å². The lowest BCUT2D eigenvalue weighted by Crippen LogP contribution is -2.29. The van der Waals surface area contributed by atoms with E-state index in [4.69, 9.17) is 11.5 Å². The van der Waals surface area contributed by atoms with Crippen LogP contribution < -0.4 is 16.9 Å². The Morgan fingerprint density at radius 1 is 1.33 bits per heavy atom. The fourth-order valence-corrected chi connectivity index (χ4v) is 1.45. The van der Waals surface area contributed by atoms with E-state index >= 15 is 0 Å². The molecule has 0 heterocycles. The Labute approximate surface area is 105 Å². The summed E-state index contributed by atoms with van der Waals surface area (Å²) in [6.45, 7) is 1.58. The molecule has 0 aliphatic heterocycles. The van der Waals surface area contributed by atoms with Gasteiger partial charge in [0.2, 0.25) is 11.8 Å². The van der Waals surface area contributed by atoms with Crippen LogP contribution in [0.15, 0.2) is 24.3 Å². The van der Waals surface area contributed by atoms with Gasteiger partial charge in [-0.3, -0.25) is 14.4 Å². The lowest BCUT2D eigenvalue weighted by molar-refractivity contribution is -0.138. The van der Waals surface area contributed by atoms with Gasteiger partial charge in [0.25, 0.3) is 0 Å². The van der Waals surface area contributed by atoms with Crippen LogP contribution in [0.25, 0.3) is 0 Å². The predicted molar refractivity (Wildman–Crippen MR) is 67.2 cm³/mol. The Bertz CT molecular complexity index is 417. The Hall–Kier alpha value is -2.08. The van der Waals surface area contributed by atoms with Gasteiger partial charge < -0.3 is 11.5 Å². The van der Waals surface area contributed by atoms with E-state index in [0.29, 0.717) is 5.69 Å². The Morgan fingerprint density at radius 2 is 1.94 bits per heavy atom. The zero-order valence-electron chi connectivity index (χ0n) is 10.2. The first-order valence-corrected chi connectivity index (χ1v) is 5.53. The summed E-state index contributed by atoms with van der Waals surface area (Å²) in [7, 11) is 0. The quantitative estimate of drug-likeness (QED) is 0.499. The number of amides is 2. The van der Waals surface area contributed by atoms with E-state index in [-0.39, 0.29) is 24.9 Å². The van der Waals surface area contributed by atoms with Crippen LogP contribution in [0.1, 0.15) is 24.8 Å². The highest BCUT2D eigenvalue weighted by molar-refractivity contribution is 5.77. The van der Waals surface area contributed by atoms with Crippen molar-refractivity contribution in [2.75, 3.05) is 12.3 Å².